The van der Waals surface area contributed by atoms with E-state index in [9.17, 15) is 4.79 Å². The SMILES string of the molecule is CCCCCCCCCCCCCC(CCCC(=O)O)CC(C)C. The molecule has 0 fully saturated rings. The Balaban J connectivity index is 3.52. The van der Waals surface area contributed by atoms with Crippen LogP contribution in [0.4, 0.5) is 0 Å². The molecule has 0 spiro atoms. The lowest BCUT2D eigenvalue weighted by molar-refractivity contribution is -0.137. The maximum atomic E-state index is 10.7. The van der Waals surface area contributed by atoms with Gasteiger partial charge < -0.3 is 5.11 Å². The maximum Gasteiger partial charge on any atom is 0.303 e. The minimum absolute atomic E-state index is 0.340. The number of hydrogen-bond acceptors (Lipinski definition) is 1. The highest BCUT2D eigenvalue weighted by Gasteiger charge is 2.11. The molecule has 0 saturated heterocycles. The Hall–Kier alpha value is -0.530. The van der Waals surface area contributed by atoms with Crippen LogP contribution in [0, 0.1) is 11.8 Å². The highest BCUT2D eigenvalue weighted by molar-refractivity contribution is 5.66. The molecule has 0 aromatic heterocycles. The molecule has 0 aliphatic rings. The number of rotatable bonds is 18. The van der Waals surface area contributed by atoms with Gasteiger partial charge in [0.25, 0.3) is 0 Å². The van der Waals surface area contributed by atoms with Gasteiger partial charge in [-0.25, -0.2) is 0 Å². The normalized spacial score (nSPS) is 12.7. The number of carboxylic acids is 1. The molecule has 1 N–H and O–H groups in total. The van der Waals surface area contributed by atoms with Crippen LogP contribution in [-0.4, -0.2) is 11.1 Å². The summed E-state index contributed by atoms with van der Waals surface area (Å²) in [6.07, 6.45) is 20.2. The smallest absolute Gasteiger partial charge is 0.303 e. The second kappa shape index (κ2) is 17.3. The van der Waals surface area contributed by atoms with Crippen molar-refractivity contribution in [2.75, 3.05) is 0 Å². The summed E-state index contributed by atoms with van der Waals surface area (Å²) in [6, 6.07) is 0. The van der Waals surface area contributed by atoms with Gasteiger partial charge in [-0.15, -0.1) is 0 Å². The van der Waals surface area contributed by atoms with Crippen LogP contribution in [0.5, 0.6) is 0 Å². The standard InChI is InChI=1S/C22H44O2/c1-4-5-6-7-8-9-10-11-12-13-14-16-21(19-20(2)3)17-15-18-22(23)24/h20-21H,4-19H2,1-3H3,(H,23,24). The lowest BCUT2D eigenvalue weighted by atomic mass is 9.88. The van der Waals surface area contributed by atoms with Gasteiger partial charge in [0.15, 0.2) is 0 Å². The summed E-state index contributed by atoms with van der Waals surface area (Å²) in [7, 11) is 0. The van der Waals surface area contributed by atoms with Crippen molar-refractivity contribution in [2.45, 2.75) is 124 Å². The van der Waals surface area contributed by atoms with Crippen LogP contribution in [-0.2, 0) is 4.79 Å². The zero-order chi connectivity index (χ0) is 18.0. The first-order valence-electron chi connectivity index (χ1n) is 10.8. The number of unbranched alkanes of at least 4 members (excludes halogenated alkanes) is 10. The van der Waals surface area contributed by atoms with Crippen molar-refractivity contribution in [3.8, 4) is 0 Å². The molecule has 0 bridgehead atoms. The first-order chi connectivity index (χ1) is 11.6. The van der Waals surface area contributed by atoms with E-state index in [1.807, 2.05) is 0 Å². The molecule has 0 amide bonds. The largest absolute Gasteiger partial charge is 0.481 e. The van der Waals surface area contributed by atoms with Gasteiger partial charge >= 0.3 is 5.97 Å². The van der Waals surface area contributed by atoms with Crippen LogP contribution < -0.4 is 0 Å². The fourth-order valence-electron chi connectivity index (χ4n) is 3.69. The van der Waals surface area contributed by atoms with E-state index in [1.165, 1.54) is 83.5 Å². The molecular weight excluding hydrogens is 296 g/mol. The minimum atomic E-state index is -0.645. The van der Waals surface area contributed by atoms with Crippen LogP contribution in [0.2, 0.25) is 0 Å². The number of aliphatic carboxylic acids is 1. The molecule has 2 nitrogen and oxygen atoms in total. The lowest BCUT2D eigenvalue weighted by Crippen LogP contribution is -2.06. The summed E-state index contributed by atoms with van der Waals surface area (Å²) in [5.41, 5.74) is 0. The Morgan fingerprint density at radius 2 is 1.21 bits per heavy atom. The zero-order valence-electron chi connectivity index (χ0n) is 16.8. The minimum Gasteiger partial charge on any atom is -0.481 e. The molecule has 0 aromatic rings. The van der Waals surface area contributed by atoms with Crippen LogP contribution in [0.1, 0.15) is 124 Å². The number of carbonyl (C=O) groups is 1. The van der Waals surface area contributed by atoms with E-state index in [2.05, 4.69) is 20.8 Å². The average Bonchev–Trinajstić information content (AvgIpc) is 2.51. The van der Waals surface area contributed by atoms with Crippen molar-refractivity contribution in [2.24, 2.45) is 11.8 Å². The molecule has 1 unspecified atom stereocenters. The van der Waals surface area contributed by atoms with Crippen LogP contribution in [0.3, 0.4) is 0 Å². The van der Waals surface area contributed by atoms with E-state index in [4.69, 9.17) is 5.11 Å². The summed E-state index contributed by atoms with van der Waals surface area (Å²) < 4.78 is 0. The van der Waals surface area contributed by atoms with Gasteiger partial charge in [0.05, 0.1) is 0 Å². The first-order valence-corrected chi connectivity index (χ1v) is 10.8. The quantitative estimate of drug-likeness (QED) is 0.261. The fourth-order valence-corrected chi connectivity index (χ4v) is 3.69. The van der Waals surface area contributed by atoms with Gasteiger partial charge in [0.1, 0.15) is 0 Å². The van der Waals surface area contributed by atoms with E-state index in [1.54, 1.807) is 0 Å². The topological polar surface area (TPSA) is 37.3 Å². The van der Waals surface area contributed by atoms with E-state index in [0.717, 1.165) is 24.7 Å². The van der Waals surface area contributed by atoms with Crippen molar-refractivity contribution in [1.29, 1.82) is 0 Å². The molecule has 0 aliphatic heterocycles. The molecule has 0 aromatic carbocycles. The van der Waals surface area contributed by atoms with Crippen molar-refractivity contribution in [3.05, 3.63) is 0 Å². The van der Waals surface area contributed by atoms with E-state index in [-0.39, 0.29) is 0 Å². The molecule has 0 saturated carbocycles. The first kappa shape index (κ1) is 23.5. The van der Waals surface area contributed by atoms with E-state index < -0.39 is 5.97 Å². The Kier molecular flexibility index (Phi) is 16.9. The summed E-state index contributed by atoms with van der Waals surface area (Å²) in [5, 5.41) is 8.79. The van der Waals surface area contributed by atoms with Crippen molar-refractivity contribution in [3.63, 3.8) is 0 Å². The molecule has 0 rings (SSSR count). The lowest BCUT2D eigenvalue weighted by Gasteiger charge is -2.18. The van der Waals surface area contributed by atoms with E-state index >= 15 is 0 Å². The Morgan fingerprint density at radius 3 is 1.67 bits per heavy atom. The van der Waals surface area contributed by atoms with Crippen LogP contribution in [0.15, 0.2) is 0 Å². The second-order valence-electron chi connectivity index (χ2n) is 8.11. The zero-order valence-corrected chi connectivity index (χ0v) is 16.8. The molecule has 24 heavy (non-hydrogen) atoms. The van der Waals surface area contributed by atoms with Gasteiger partial charge in [0.2, 0.25) is 0 Å². The van der Waals surface area contributed by atoms with Gasteiger partial charge in [0, 0.05) is 6.42 Å². The summed E-state index contributed by atoms with van der Waals surface area (Å²) >= 11 is 0. The van der Waals surface area contributed by atoms with Gasteiger partial charge in [-0.3, -0.25) is 4.79 Å². The van der Waals surface area contributed by atoms with E-state index in [0.29, 0.717) is 6.42 Å². The monoisotopic (exact) mass is 340 g/mol. The van der Waals surface area contributed by atoms with Gasteiger partial charge in [-0.1, -0.05) is 97.8 Å². The Bertz CT molecular complexity index is 273. The number of hydrogen-bond donors (Lipinski definition) is 1. The third-order valence-corrected chi connectivity index (χ3v) is 5.02. The molecule has 0 heterocycles. The van der Waals surface area contributed by atoms with Gasteiger partial charge in [-0.2, -0.15) is 0 Å². The highest BCUT2D eigenvalue weighted by Crippen LogP contribution is 2.24. The molecule has 144 valence electrons. The molecule has 0 radical (unpaired) electrons. The third kappa shape index (κ3) is 17.8. The highest BCUT2D eigenvalue weighted by atomic mass is 16.4. The summed E-state index contributed by atoms with van der Waals surface area (Å²) in [6.45, 7) is 6.84. The predicted molar refractivity (Wildman–Crippen MR) is 106 cm³/mol. The van der Waals surface area contributed by atoms with Crippen molar-refractivity contribution < 1.29 is 9.90 Å². The summed E-state index contributed by atoms with van der Waals surface area (Å²) in [5.74, 6) is 0.823. The van der Waals surface area contributed by atoms with Crippen molar-refractivity contribution >= 4 is 5.97 Å². The van der Waals surface area contributed by atoms with Crippen LogP contribution >= 0.6 is 0 Å². The third-order valence-electron chi connectivity index (χ3n) is 5.02. The average molecular weight is 341 g/mol. The Morgan fingerprint density at radius 1 is 0.750 bits per heavy atom. The fraction of sp³-hybridized carbons (Fsp3) is 0.955. The molecule has 0 aliphatic carbocycles. The second-order valence-corrected chi connectivity index (χ2v) is 8.11. The maximum absolute atomic E-state index is 10.7. The van der Waals surface area contributed by atoms with Gasteiger partial charge in [-0.05, 0) is 31.1 Å². The predicted octanol–water partition coefficient (Wildman–Crippen LogP) is 7.60. The molecule has 1 atom stereocenters. The molecular formula is C22H44O2. The summed E-state index contributed by atoms with van der Waals surface area (Å²) in [4.78, 5) is 10.7. The Labute approximate surface area is 151 Å². The number of carboxylic acid groups (broad SMARTS) is 1. The molecule has 2 heteroatoms. The van der Waals surface area contributed by atoms with Crippen LogP contribution in [0.25, 0.3) is 0 Å². The van der Waals surface area contributed by atoms with Crippen molar-refractivity contribution in [1.82, 2.24) is 0 Å².